The van der Waals surface area contributed by atoms with Gasteiger partial charge in [0.1, 0.15) is 6.61 Å². The number of carbonyl (C=O) groups is 2. The standard InChI is InChI=1S/C24H32O5/c1-21(2)28-20-12-18-16-6-5-14-11-15(26)7-9-22(14,3)17(16)8-10-23(18,4)24(20,29-21)19(27)13-25/h8,11,16,18,20,25H,5-7,9-10,12-13H2,1-4H3/t16-,18+,20-,22+,23+,24-/m1/s1. The molecule has 5 heteroatoms. The molecule has 3 fully saturated rings. The highest BCUT2D eigenvalue weighted by atomic mass is 16.8. The maximum Gasteiger partial charge on any atom is 0.193 e. The number of ether oxygens (including phenoxy) is 2. The number of allylic oxidation sites excluding steroid dienone is 4. The summed E-state index contributed by atoms with van der Waals surface area (Å²) in [5.74, 6) is -0.181. The molecular weight excluding hydrogens is 368 g/mol. The topological polar surface area (TPSA) is 72.8 Å². The van der Waals surface area contributed by atoms with Gasteiger partial charge in [0, 0.05) is 17.3 Å². The summed E-state index contributed by atoms with van der Waals surface area (Å²) in [5, 5.41) is 9.82. The molecule has 2 saturated carbocycles. The molecule has 0 radical (unpaired) electrons. The molecule has 1 heterocycles. The average Bonchev–Trinajstić information content (AvgIpc) is 3.07. The Hall–Kier alpha value is -1.30. The second-order valence-corrected chi connectivity index (χ2v) is 10.7. The highest BCUT2D eigenvalue weighted by Crippen LogP contribution is 2.69. The Morgan fingerprint density at radius 2 is 2.00 bits per heavy atom. The molecule has 0 aromatic heterocycles. The molecule has 0 unspecified atom stereocenters. The van der Waals surface area contributed by atoms with Crippen LogP contribution in [0.5, 0.6) is 0 Å². The molecule has 0 amide bonds. The van der Waals surface area contributed by atoms with E-state index in [1.54, 1.807) is 0 Å². The zero-order chi connectivity index (χ0) is 20.8. The first kappa shape index (κ1) is 19.7. The van der Waals surface area contributed by atoms with Crippen molar-refractivity contribution in [2.45, 2.75) is 83.7 Å². The normalized spacial score (nSPS) is 47.5. The van der Waals surface area contributed by atoms with E-state index in [1.807, 2.05) is 19.9 Å². The molecular formula is C24H32O5. The fourth-order valence-corrected chi connectivity index (χ4v) is 7.58. The van der Waals surface area contributed by atoms with Crippen LogP contribution in [0.15, 0.2) is 23.3 Å². The molecule has 5 nitrogen and oxygen atoms in total. The van der Waals surface area contributed by atoms with Gasteiger partial charge in [-0.1, -0.05) is 31.1 Å². The lowest BCUT2D eigenvalue weighted by Gasteiger charge is -2.55. The van der Waals surface area contributed by atoms with E-state index < -0.39 is 23.4 Å². The van der Waals surface area contributed by atoms with Crippen LogP contribution in [-0.4, -0.2) is 40.8 Å². The number of fused-ring (bicyclic) bond motifs is 7. The number of ketones is 2. The lowest BCUT2D eigenvalue weighted by atomic mass is 9.50. The molecule has 6 atom stereocenters. The number of carbonyl (C=O) groups excluding carboxylic acids is 2. The van der Waals surface area contributed by atoms with Gasteiger partial charge in [0.2, 0.25) is 0 Å². The summed E-state index contributed by atoms with van der Waals surface area (Å²) in [5.41, 5.74) is 1.22. The van der Waals surface area contributed by atoms with Crippen LogP contribution in [-0.2, 0) is 19.1 Å². The summed E-state index contributed by atoms with van der Waals surface area (Å²) < 4.78 is 12.6. The van der Waals surface area contributed by atoms with Crippen LogP contribution in [0, 0.1) is 22.7 Å². The summed E-state index contributed by atoms with van der Waals surface area (Å²) in [7, 11) is 0. The van der Waals surface area contributed by atoms with Crippen LogP contribution < -0.4 is 0 Å². The molecule has 5 rings (SSSR count). The van der Waals surface area contributed by atoms with E-state index in [2.05, 4.69) is 19.9 Å². The zero-order valence-corrected chi connectivity index (χ0v) is 17.9. The minimum Gasteiger partial charge on any atom is -0.388 e. The quantitative estimate of drug-likeness (QED) is 0.718. The van der Waals surface area contributed by atoms with Gasteiger partial charge in [-0.25, -0.2) is 0 Å². The Bertz CT molecular complexity index is 853. The highest BCUT2D eigenvalue weighted by Gasteiger charge is 2.74. The molecule has 158 valence electrons. The van der Waals surface area contributed by atoms with Crippen molar-refractivity contribution in [2.24, 2.45) is 22.7 Å². The lowest BCUT2D eigenvalue weighted by Crippen LogP contribution is -2.59. The van der Waals surface area contributed by atoms with Gasteiger partial charge in [-0.05, 0) is 63.9 Å². The number of rotatable bonds is 2. The number of aliphatic hydroxyl groups is 1. The molecule has 0 aromatic rings. The van der Waals surface area contributed by atoms with Crippen LogP contribution in [0.4, 0.5) is 0 Å². The summed E-state index contributed by atoms with van der Waals surface area (Å²) in [6.07, 6.45) is 8.86. The van der Waals surface area contributed by atoms with Gasteiger partial charge in [-0.3, -0.25) is 9.59 Å². The molecule has 0 bridgehead atoms. The summed E-state index contributed by atoms with van der Waals surface area (Å²) in [6.45, 7) is 7.66. The van der Waals surface area contributed by atoms with E-state index in [0.29, 0.717) is 12.3 Å². The van der Waals surface area contributed by atoms with Gasteiger partial charge in [0.15, 0.2) is 23.0 Å². The van der Waals surface area contributed by atoms with Gasteiger partial charge in [-0.15, -0.1) is 0 Å². The Morgan fingerprint density at radius 1 is 1.24 bits per heavy atom. The van der Waals surface area contributed by atoms with Crippen molar-refractivity contribution in [3.63, 3.8) is 0 Å². The van der Waals surface area contributed by atoms with Gasteiger partial charge >= 0.3 is 0 Å². The Kier molecular flexibility index (Phi) is 3.99. The van der Waals surface area contributed by atoms with Crippen LogP contribution in [0.25, 0.3) is 0 Å². The lowest BCUT2D eigenvalue weighted by molar-refractivity contribution is -0.206. The van der Waals surface area contributed by atoms with Crippen LogP contribution in [0.3, 0.4) is 0 Å². The first-order chi connectivity index (χ1) is 13.6. The minimum atomic E-state index is -1.09. The van der Waals surface area contributed by atoms with Crippen LogP contribution in [0.2, 0.25) is 0 Å². The smallest absolute Gasteiger partial charge is 0.193 e. The molecule has 1 aliphatic heterocycles. The number of hydrogen-bond donors (Lipinski definition) is 1. The largest absolute Gasteiger partial charge is 0.388 e. The predicted octanol–water partition coefficient (Wildman–Crippen LogP) is 3.50. The van der Waals surface area contributed by atoms with Crippen molar-refractivity contribution >= 4 is 11.6 Å². The third kappa shape index (κ3) is 2.33. The van der Waals surface area contributed by atoms with E-state index in [0.717, 1.165) is 32.1 Å². The predicted molar refractivity (Wildman–Crippen MR) is 107 cm³/mol. The molecule has 1 N–H and O–H groups in total. The summed E-state index contributed by atoms with van der Waals surface area (Å²) in [4.78, 5) is 25.1. The summed E-state index contributed by atoms with van der Waals surface area (Å²) >= 11 is 0. The maximum atomic E-state index is 13.1. The Morgan fingerprint density at radius 3 is 2.72 bits per heavy atom. The fourth-order valence-electron chi connectivity index (χ4n) is 7.58. The number of hydrogen-bond acceptors (Lipinski definition) is 5. The molecule has 0 spiro atoms. The van der Waals surface area contributed by atoms with Crippen molar-refractivity contribution in [2.75, 3.05) is 6.61 Å². The van der Waals surface area contributed by atoms with Crippen molar-refractivity contribution in [1.82, 2.24) is 0 Å². The van der Waals surface area contributed by atoms with Crippen LogP contribution in [0.1, 0.15) is 66.2 Å². The van der Waals surface area contributed by atoms with Gasteiger partial charge in [0.05, 0.1) is 6.10 Å². The van der Waals surface area contributed by atoms with E-state index >= 15 is 0 Å². The van der Waals surface area contributed by atoms with Crippen molar-refractivity contribution < 1.29 is 24.2 Å². The fraction of sp³-hybridized carbons (Fsp3) is 0.750. The monoisotopic (exact) mass is 400 g/mol. The van der Waals surface area contributed by atoms with Gasteiger partial charge in [-0.2, -0.15) is 0 Å². The highest BCUT2D eigenvalue weighted by molar-refractivity contribution is 5.92. The SMILES string of the molecule is CC1(C)O[C@@H]2C[C@H]3[C@@H]4CCC5=CC(=O)CC[C@]5(C)C4=CC[C@]3(C)[C@]2(C(=O)CO)O1. The number of aliphatic hydroxyl groups excluding tert-OH is 1. The third-order valence-corrected chi connectivity index (χ3v) is 8.89. The van der Waals surface area contributed by atoms with Crippen molar-refractivity contribution in [1.29, 1.82) is 0 Å². The van der Waals surface area contributed by atoms with E-state index in [-0.39, 0.29) is 29.0 Å². The van der Waals surface area contributed by atoms with Crippen LogP contribution >= 0.6 is 0 Å². The second-order valence-electron chi connectivity index (χ2n) is 10.7. The molecule has 1 saturated heterocycles. The first-order valence-corrected chi connectivity index (χ1v) is 11.0. The molecule has 5 aliphatic rings. The molecule has 29 heavy (non-hydrogen) atoms. The zero-order valence-electron chi connectivity index (χ0n) is 17.9. The third-order valence-electron chi connectivity index (χ3n) is 8.89. The average molecular weight is 401 g/mol. The molecule has 0 aromatic carbocycles. The van der Waals surface area contributed by atoms with E-state index in [1.165, 1.54) is 11.1 Å². The van der Waals surface area contributed by atoms with E-state index in [9.17, 15) is 14.7 Å². The van der Waals surface area contributed by atoms with E-state index in [4.69, 9.17) is 9.47 Å². The second kappa shape index (κ2) is 5.89. The number of Topliss-reactive ketones (excluding diaryl/α,β-unsaturated/α-hetero) is 1. The Labute approximate surface area is 172 Å². The van der Waals surface area contributed by atoms with Gasteiger partial charge < -0.3 is 14.6 Å². The molecule has 4 aliphatic carbocycles. The van der Waals surface area contributed by atoms with Crippen molar-refractivity contribution in [3.05, 3.63) is 23.3 Å². The summed E-state index contributed by atoms with van der Waals surface area (Å²) in [6, 6.07) is 0. The minimum absolute atomic E-state index is 0.0367. The first-order valence-electron chi connectivity index (χ1n) is 11.0. The Balaban J connectivity index is 1.60. The maximum absolute atomic E-state index is 13.1. The van der Waals surface area contributed by atoms with Crippen molar-refractivity contribution in [3.8, 4) is 0 Å². The van der Waals surface area contributed by atoms with Gasteiger partial charge in [0.25, 0.3) is 0 Å².